The van der Waals surface area contributed by atoms with Crippen LogP contribution in [-0.4, -0.2) is 48.0 Å². The van der Waals surface area contributed by atoms with Gasteiger partial charge in [0, 0.05) is 24.9 Å². The number of nitrogens with one attached hydrogen (secondary N) is 1. The molecule has 0 aromatic carbocycles. The van der Waals surface area contributed by atoms with E-state index in [0.717, 1.165) is 31.3 Å². The number of rotatable bonds is 5. The summed E-state index contributed by atoms with van der Waals surface area (Å²) < 4.78 is 0. The Morgan fingerprint density at radius 1 is 1.47 bits per heavy atom. The number of amidine groups is 1. The van der Waals surface area contributed by atoms with Gasteiger partial charge >= 0.3 is 0 Å². The van der Waals surface area contributed by atoms with Gasteiger partial charge in [-0.2, -0.15) is 0 Å². The first-order valence-electron chi connectivity index (χ1n) is 5.92. The van der Waals surface area contributed by atoms with Gasteiger partial charge in [-0.05, 0) is 26.4 Å². The summed E-state index contributed by atoms with van der Waals surface area (Å²) in [6.45, 7) is 11.0. The third-order valence-corrected chi connectivity index (χ3v) is 3.61. The van der Waals surface area contributed by atoms with Crippen LogP contribution in [0.3, 0.4) is 0 Å². The van der Waals surface area contributed by atoms with Crippen molar-refractivity contribution in [2.45, 2.75) is 33.2 Å². The number of hydrogen-bond acceptors (Lipinski definition) is 4. The van der Waals surface area contributed by atoms with Crippen molar-refractivity contribution in [1.82, 2.24) is 10.2 Å². The lowest BCUT2D eigenvalue weighted by molar-refractivity contribution is 0.282. The Morgan fingerprint density at radius 2 is 2.20 bits per heavy atom. The number of nitrogens with zero attached hydrogens (tertiary/aromatic N) is 2. The van der Waals surface area contributed by atoms with Crippen molar-refractivity contribution < 1.29 is 0 Å². The van der Waals surface area contributed by atoms with E-state index in [4.69, 9.17) is 0 Å². The molecule has 0 amide bonds. The fraction of sp³-hybridized carbons (Fsp3) is 0.909. The highest BCUT2D eigenvalue weighted by molar-refractivity contribution is 8.13. The van der Waals surface area contributed by atoms with E-state index < -0.39 is 0 Å². The smallest absolute Gasteiger partial charge is 0.156 e. The molecule has 0 radical (unpaired) electrons. The second-order valence-electron chi connectivity index (χ2n) is 3.92. The minimum atomic E-state index is 0.495. The molecule has 1 atom stereocenters. The minimum Gasteiger partial charge on any atom is -0.361 e. The molecule has 3 nitrogen and oxygen atoms in total. The van der Waals surface area contributed by atoms with Gasteiger partial charge in [-0.25, -0.2) is 0 Å². The fourth-order valence-corrected chi connectivity index (χ4v) is 2.61. The third kappa shape index (κ3) is 4.89. The molecule has 1 heterocycles. The van der Waals surface area contributed by atoms with E-state index in [1.54, 1.807) is 0 Å². The summed E-state index contributed by atoms with van der Waals surface area (Å²) in [6, 6.07) is 0.495. The first-order valence-corrected chi connectivity index (χ1v) is 6.91. The molecule has 0 fully saturated rings. The van der Waals surface area contributed by atoms with Crippen molar-refractivity contribution in [2.75, 3.05) is 31.9 Å². The highest BCUT2D eigenvalue weighted by atomic mass is 32.2. The largest absolute Gasteiger partial charge is 0.361 e. The molecule has 0 aromatic heterocycles. The zero-order chi connectivity index (χ0) is 11.1. The van der Waals surface area contributed by atoms with Crippen molar-refractivity contribution in [3.63, 3.8) is 0 Å². The molecule has 4 heteroatoms. The van der Waals surface area contributed by atoms with Crippen LogP contribution < -0.4 is 5.32 Å². The summed E-state index contributed by atoms with van der Waals surface area (Å²) >= 11 is 1.85. The quantitative estimate of drug-likeness (QED) is 0.779. The van der Waals surface area contributed by atoms with Crippen LogP contribution in [0.4, 0.5) is 0 Å². The Balaban J connectivity index is 2.27. The molecule has 0 bridgehead atoms. The van der Waals surface area contributed by atoms with Crippen LogP contribution in [0, 0.1) is 0 Å². The maximum atomic E-state index is 4.48. The van der Waals surface area contributed by atoms with E-state index >= 15 is 0 Å². The van der Waals surface area contributed by atoms with Crippen molar-refractivity contribution in [2.24, 2.45) is 4.99 Å². The molecule has 88 valence electrons. The Morgan fingerprint density at radius 3 is 2.73 bits per heavy atom. The van der Waals surface area contributed by atoms with E-state index in [9.17, 15) is 0 Å². The van der Waals surface area contributed by atoms with Crippen LogP contribution in [0.5, 0.6) is 0 Å². The number of hydrogen-bond donors (Lipinski definition) is 1. The molecule has 1 unspecified atom stereocenters. The zero-order valence-corrected chi connectivity index (χ0v) is 10.9. The van der Waals surface area contributed by atoms with Gasteiger partial charge in [0.1, 0.15) is 0 Å². The zero-order valence-electron chi connectivity index (χ0n) is 10.1. The molecular formula is C11H23N3S. The van der Waals surface area contributed by atoms with Gasteiger partial charge in [-0.3, -0.25) is 4.99 Å². The van der Waals surface area contributed by atoms with Gasteiger partial charge < -0.3 is 10.2 Å². The van der Waals surface area contributed by atoms with E-state index in [1.165, 1.54) is 12.2 Å². The predicted molar refractivity (Wildman–Crippen MR) is 69.8 cm³/mol. The number of likely N-dealkylation sites (N-methyl/N-ethyl adjacent to an activating group) is 1. The van der Waals surface area contributed by atoms with E-state index in [1.807, 2.05) is 11.8 Å². The monoisotopic (exact) mass is 229 g/mol. The Labute approximate surface area is 97.7 Å². The van der Waals surface area contributed by atoms with Gasteiger partial charge in [0.15, 0.2) is 5.17 Å². The van der Waals surface area contributed by atoms with Gasteiger partial charge in [0.05, 0.1) is 0 Å². The van der Waals surface area contributed by atoms with Crippen molar-refractivity contribution >= 4 is 16.9 Å². The molecule has 1 rings (SSSR count). The molecule has 15 heavy (non-hydrogen) atoms. The van der Waals surface area contributed by atoms with Crippen LogP contribution in [0.2, 0.25) is 0 Å². The molecule has 0 aromatic rings. The fourth-order valence-electron chi connectivity index (χ4n) is 1.67. The topological polar surface area (TPSA) is 27.6 Å². The molecule has 1 aliphatic heterocycles. The summed E-state index contributed by atoms with van der Waals surface area (Å²) in [6.07, 6.45) is 1.22. The highest BCUT2D eigenvalue weighted by Gasteiger charge is 2.11. The maximum absolute atomic E-state index is 4.48. The molecule has 1 N–H and O–H groups in total. The van der Waals surface area contributed by atoms with Crippen molar-refractivity contribution in [3.05, 3.63) is 0 Å². The van der Waals surface area contributed by atoms with Gasteiger partial charge in [-0.1, -0.05) is 25.6 Å². The van der Waals surface area contributed by atoms with Crippen LogP contribution in [-0.2, 0) is 0 Å². The van der Waals surface area contributed by atoms with E-state index in [0.29, 0.717) is 6.04 Å². The van der Waals surface area contributed by atoms with Crippen LogP contribution >= 0.6 is 11.8 Å². The average Bonchev–Trinajstić information content (AvgIpc) is 2.27. The van der Waals surface area contributed by atoms with Crippen molar-refractivity contribution in [3.8, 4) is 0 Å². The number of aliphatic imine (C=N–C) groups is 1. The normalized spacial score (nSPS) is 18.8. The molecule has 0 saturated carbocycles. The van der Waals surface area contributed by atoms with Gasteiger partial charge in [0.2, 0.25) is 0 Å². The second-order valence-corrected chi connectivity index (χ2v) is 5.00. The first kappa shape index (κ1) is 12.8. The summed E-state index contributed by atoms with van der Waals surface area (Å²) in [5.74, 6) is 1.21. The lowest BCUT2D eigenvalue weighted by atomic mass is 10.3. The van der Waals surface area contributed by atoms with Crippen LogP contribution in [0.25, 0.3) is 0 Å². The van der Waals surface area contributed by atoms with Crippen LogP contribution in [0.15, 0.2) is 4.99 Å². The highest BCUT2D eigenvalue weighted by Crippen LogP contribution is 2.10. The second kappa shape index (κ2) is 7.12. The number of thioether (sulfide) groups is 1. The third-order valence-electron chi connectivity index (χ3n) is 2.59. The Kier molecular flexibility index (Phi) is 6.10. The first-order chi connectivity index (χ1) is 7.26. The van der Waals surface area contributed by atoms with E-state index in [-0.39, 0.29) is 0 Å². The molecule has 1 aliphatic rings. The molecule has 0 spiro atoms. The summed E-state index contributed by atoms with van der Waals surface area (Å²) in [5, 5.41) is 4.63. The maximum Gasteiger partial charge on any atom is 0.156 e. The van der Waals surface area contributed by atoms with E-state index in [2.05, 4.69) is 36.0 Å². The average molecular weight is 229 g/mol. The molecular weight excluding hydrogens is 206 g/mol. The predicted octanol–water partition coefficient (Wildman–Crippen LogP) is 1.80. The molecule has 0 aliphatic carbocycles. The van der Waals surface area contributed by atoms with Gasteiger partial charge in [0.25, 0.3) is 0 Å². The van der Waals surface area contributed by atoms with Crippen molar-refractivity contribution in [1.29, 1.82) is 0 Å². The van der Waals surface area contributed by atoms with Crippen LogP contribution in [0.1, 0.15) is 27.2 Å². The summed E-state index contributed by atoms with van der Waals surface area (Å²) in [5.41, 5.74) is 0. The summed E-state index contributed by atoms with van der Waals surface area (Å²) in [7, 11) is 0. The SMILES string of the molecule is CCN(CC)CC(C)NC1=NCCCS1. The Hall–Kier alpha value is -0.220. The molecule has 0 saturated heterocycles. The van der Waals surface area contributed by atoms with Gasteiger partial charge in [-0.15, -0.1) is 0 Å². The Bertz CT molecular complexity index is 202. The lowest BCUT2D eigenvalue weighted by Gasteiger charge is -2.25. The standard InChI is InChI=1S/C11H23N3S/c1-4-14(5-2)9-10(3)13-11-12-7-6-8-15-11/h10H,4-9H2,1-3H3,(H,12,13). The summed E-state index contributed by atoms with van der Waals surface area (Å²) in [4.78, 5) is 6.91. The minimum absolute atomic E-state index is 0.495. The lowest BCUT2D eigenvalue weighted by Crippen LogP contribution is -2.41.